The standard InChI is InChI=1S/C22H20N2O5/c25-19(13-24-20(26)11-14-5-1-2-6-16(14)21(24)27)23-15-7-8-17-18(12-15)29-22(28-17)9-3-4-10-22/h1-2,5-8,12H,3-4,9-11,13H2,(H,23,25). The third-order valence-corrected chi connectivity index (χ3v) is 5.62. The molecule has 148 valence electrons. The molecule has 5 rings (SSSR count). The van der Waals surface area contributed by atoms with Gasteiger partial charge in [-0.1, -0.05) is 18.2 Å². The van der Waals surface area contributed by atoms with Gasteiger partial charge in [0.05, 0.1) is 6.42 Å². The van der Waals surface area contributed by atoms with Gasteiger partial charge in [0.15, 0.2) is 11.5 Å². The van der Waals surface area contributed by atoms with Gasteiger partial charge in [-0.2, -0.15) is 0 Å². The Bertz CT molecular complexity index is 1030. The van der Waals surface area contributed by atoms with Crippen molar-refractivity contribution in [2.75, 3.05) is 11.9 Å². The lowest BCUT2D eigenvalue weighted by atomic mass is 9.98. The number of imide groups is 1. The molecule has 2 aliphatic heterocycles. The van der Waals surface area contributed by atoms with E-state index in [0.717, 1.165) is 30.6 Å². The molecule has 2 heterocycles. The predicted molar refractivity (Wildman–Crippen MR) is 104 cm³/mol. The summed E-state index contributed by atoms with van der Waals surface area (Å²) >= 11 is 0. The summed E-state index contributed by atoms with van der Waals surface area (Å²) in [6.45, 7) is -0.329. The zero-order valence-electron chi connectivity index (χ0n) is 15.8. The molecule has 7 nitrogen and oxygen atoms in total. The van der Waals surface area contributed by atoms with E-state index in [0.29, 0.717) is 28.3 Å². The van der Waals surface area contributed by atoms with E-state index in [1.165, 1.54) is 0 Å². The normalized spacial score (nSPS) is 18.8. The van der Waals surface area contributed by atoms with Crippen LogP contribution in [0.15, 0.2) is 42.5 Å². The van der Waals surface area contributed by atoms with Crippen molar-refractivity contribution in [3.8, 4) is 11.5 Å². The molecule has 7 heteroatoms. The molecule has 0 bridgehead atoms. The van der Waals surface area contributed by atoms with Gasteiger partial charge >= 0.3 is 0 Å². The van der Waals surface area contributed by atoms with Crippen LogP contribution in [0.5, 0.6) is 11.5 Å². The van der Waals surface area contributed by atoms with Crippen molar-refractivity contribution in [2.45, 2.75) is 37.9 Å². The molecule has 3 aliphatic rings. The number of amides is 3. The smallest absolute Gasteiger partial charge is 0.261 e. The third kappa shape index (κ3) is 3.12. The average Bonchev–Trinajstić information content (AvgIpc) is 3.30. The first kappa shape index (κ1) is 17.7. The van der Waals surface area contributed by atoms with Crippen LogP contribution in [-0.2, 0) is 16.0 Å². The number of fused-ring (bicyclic) bond motifs is 2. The SMILES string of the molecule is O=C(CN1C(=O)Cc2ccccc2C1=O)Nc1ccc2c(c1)OC1(CCCC1)O2. The van der Waals surface area contributed by atoms with Gasteiger partial charge < -0.3 is 14.8 Å². The number of nitrogens with one attached hydrogen (secondary N) is 1. The predicted octanol–water partition coefficient (Wildman–Crippen LogP) is 2.89. The molecule has 1 N–H and O–H groups in total. The maximum absolute atomic E-state index is 12.6. The molecular formula is C22H20N2O5. The van der Waals surface area contributed by atoms with Crippen LogP contribution in [0.1, 0.15) is 41.6 Å². The molecule has 3 amide bonds. The minimum Gasteiger partial charge on any atom is -0.448 e. The molecule has 0 aromatic heterocycles. The van der Waals surface area contributed by atoms with Crippen LogP contribution in [0.4, 0.5) is 5.69 Å². The summed E-state index contributed by atoms with van der Waals surface area (Å²) < 4.78 is 12.0. The van der Waals surface area contributed by atoms with Gasteiger partial charge in [0.25, 0.3) is 11.7 Å². The topological polar surface area (TPSA) is 84.9 Å². The number of carbonyl (C=O) groups is 3. The van der Waals surface area contributed by atoms with Crippen LogP contribution in [-0.4, -0.2) is 35.0 Å². The molecule has 1 fully saturated rings. The molecule has 0 radical (unpaired) electrons. The Morgan fingerprint density at radius 3 is 2.62 bits per heavy atom. The first-order chi connectivity index (χ1) is 14.0. The van der Waals surface area contributed by atoms with E-state index >= 15 is 0 Å². The lowest BCUT2D eigenvalue weighted by molar-refractivity contribution is -0.131. The maximum Gasteiger partial charge on any atom is 0.261 e. The molecule has 0 saturated heterocycles. The highest BCUT2D eigenvalue weighted by Crippen LogP contribution is 2.47. The summed E-state index contributed by atoms with van der Waals surface area (Å²) in [5, 5.41) is 2.74. The quantitative estimate of drug-likeness (QED) is 0.812. The van der Waals surface area contributed by atoms with E-state index in [-0.39, 0.29) is 18.9 Å². The second-order valence-electron chi connectivity index (χ2n) is 7.65. The number of ether oxygens (including phenoxy) is 2. The molecule has 0 atom stereocenters. The molecule has 0 unspecified atom stereocenters. The molecule has 2 aromatic carbocycles. The van der Waals surface area contributed by atoms with Crippen molar-refractivity contribution in [3.05, 3.63) is 53.6 Å². The highest BCUT2D eigenvalue weighted by Gasteiger charge is 2.44. The Morgan fingerprint density at radius 1 is 1.03 bits per heavy atom. The number of anilines is 1. The van der Waals surface area contributed by atoms with Gasteiger partial charge in [-0.3, -0.25) is 19.3 Å². The third-order valence-electron chi connectivity index (χ3n) is 5.62. The maximum atomic E-state index is 12.6. The van der Waals surface area contributed by atoms with Gasteiger partial charge in [0, 0.05) is 30.2 Å². The van der Waals surface area contributed by atoms with Crippen LogP contribution < -0.4 is 14.8 Å². The first-order valence-electron chi connectivity index (χ1n) is 9.78. The Kier molecular flexibility index (Phi) is 4.04. The second kappa shape index (κ2) is 6.62. The second-order valence-corrected chi connectivity index (χ2v) is 7.65. The summed E-state index contributed by atoms with van der Waals surface area (Å²) in [5.74, 6) is -0.559. The fourth-order valence-corrected chi connectivity index (χ4v) is 4.19. The molecule has 1 saturated carbocycles. The van der Waals surface area contributed by atoms with Gasteiger partial charge in [-0.15, -0.1) is 0 Å². The summed E-state index contributed by atoms with van der Waals surface area (Å²) in [7, 11) is 0. The Hall–Kier alpha value is -3.35. The molecule has 1 spiro atoms. The summed E-state index contributed by atoms with van der Waals surface area (Å²) in [6, 6.07) is 12.2. The van der Waals surface area contributed by atoms with Crippen LogP contribution >= 0.6 is 0 Å². The molecular weight excluding hydrogens is 372 g/mol. The van der Waals surface area contributed by atoms with Gasteiger partial charge in [0.1, 0.15) is 6.54 Å². The van der Waals surface area contributed by atoms with Crippen LogP contribution in [0.25, 0.3) is 0 Å². The minimum atomic E-state index is -0.564. The van der Waals surface area contributed by atoms with Crippen LogP contribution in [0.2, 0.25) is 0 Å². The number of benzene rings is 2. The van der Waals surface area contributed by atoms with Gasteiger partial charge in [0.2, 0.25) is 11.8 Å². The number of hydrogen-bond acceptors (Lipinski definition) is 5. The van der Waals surface area contributed by atoms with Crippen molar-refractivity contribution in [1.82, 2.24) is 4.90 Å². The molecule has 29 heavy (non-hydrogen) atoms. The average molecular weight is 392 g/mol. The van der Waals surface area contributed by atoms with Crippen molar-refractivity contribution in [1.29, 1.82) is 0 Å². The van der Waals surface area contributed by atoms with Crippen molar-refractivity contribution < 1.29 is 23.9 Å². The lowest BCUT2D eigenvalue weighted by Crippen LogP contribution is -2.46. The van der Waals surface area contributed by atoms with Gasteiger partial charge in [-0.05, 0) is 36.6 Å². The molecule has 1 aliphatic carbocycles. The Balaban J connectivity index is 1.27. The van der Waals surface area contributed by atoms with E-state index in [1.54, 1.807) is 42.5 Å². The zero-order chi connectivity index (χ0) is 20.0. The fourth-order valence-electron chi connectivity index (χ4n) is 4.19. The number of carbonyl (C=O) groups excluding carboxylic acids is 3. The highest BCUT2D eigenvalue weighted by atomic mass is 16.7. The molecule has 2 aromatic rings. The summed E-state index contributed by atoms with van der Waals surface area (Å²) in [5.41, 5.74) is 1.69. The van der Waals surface area contributed by atoms with E-state index < -0.39 is 17.6 Å². The summed E-state index contributed by atoms with van der Waals surface area (Å²) in [6.07, 6.45) is 3.95. The highest BCUT2D eigenvalue weighted by molar-refractivity contribution is 6.12. The largest absolute Gasteiger partial charge is 0.448 e. The van der Waals surface area contributed by atoms with E-state index in [9.17, 15) is 14.4 Å². The van der Waals surface area contributed by atoms with Crippen molar-refractivity contribution >= 4 is 23.4 Å². The minimum absolute atomic E-state index is 0.112. The number of nitrogens with zero attached hydrogens (tertiary/aromatic N) is 1. The lowest BCUT2D eigenvalue weighted by Gasteiger charge is -2.26. The van der Waals surface area contributed by atoms with E-state index in [1.807, 2.05) is 0 Å². The summed E-state index contributed by atoms with van der Waals surface area (Å²) in [4.78, 5) is 38.4. The van der Waals surface area contributed by atoms with E-state index in [4.69, 9.17) is 9.47 Å². The number of hydrogen-bond donors (Lipinski definition) is 1. The Labute approximate surface area is 167 Å². The van der Waals surface area contributed by atoms with Gasteiger partial charge in [-0.25, -0.2) is 0 Å². The fraction of sp³-hybridized carbons (Fsp3) is 0.318. The van der Waals surface area contributed by atoms with Crippen LogP contribution in [0, 0.1) is 0 Å². The zero-order valence-corrected chi connectivity index (χ0v) is 15.8. The first-order valence-corrected chi connectivity index (χ1v) is 9.78. The number of rotatable bonds is 3. The van der Waals surface area contributed by atoms with Crippen molar-refractivity contribution in [3.63, 3.8) is 0 Å². The van der Waals surface area contributed by atoms with Crippen LogP contribution in [0.3, 0.4) is 0 Å². The monoisotopic (exact) mass is 392 g/mol. The van der Waals surface area contributed by atoms with Crippen molar-refractivity contribution in [2.24, 2.45) is 0 Å². The van der Waals surface area contributed by atoms with E-state index in [2.05, 4.69) is 5.32 Å². The Morgan fingerprint density at radius 2 is 1.79 bits per heavy atom.